The number of hydrogen-bond donors (Lipinski definition) is 2. The van der Waals surface area contributed by atoms with Crippen molar-refractivity contribution in [3.8, 4) is 6.07 Å². The molecule has 3 N–H and O–H groups in total. The van der Waals surface area contributed by atoms with Gasteiger partial charge in [0.05, 0.1) is 21.8 Å². The number of rotatable bonds is 4. The van der Waals surface area contributed by atoms with Crippen LogP contribution in [-0.2, 0) is 5.54 Å². The summed E-state index contributed by atoms with van der Waals surface area (Å²) in [7, 11) is 0. The second-order valence-electron chi connectivity index (χ2n) is 4.50. The number of nitrogens with two attached hydrogens (primary N) is 1. The Balaban J connectivity index is 2.95. The summed E-state index contributed by atoms with van der Waals surface area (Å²) in [5.74, 6) is 0.159. The maximum Gasteiger partial charge on any atom is 0.194 e. The molecule has 0 aromatic carbocycles. The summed E-state index contributed by atoms with van der Waals surface area (Å²) in [5.41, 5.74) is 6.17. The largest absolute Gasteiger partial charge is 0.370 e. The Morgan fingerprint density at radius 1 is 1.65 bits per heavy atom. The van der Waals surface area contributed by atoms with Crippen LogP contribution in [0.5, 0.6) is 0 Å². The fourth-order valence-corrected chi connectivity index (χ4v) is 1.88. The summed E-state index contributed by atoms with van der Waals surface area (Å²) in [4.78, 5) is 8.20. The molecule has 1 rings (SSSR count). The van der Waals surface area contributed by atoms with Crippen LogP contribution >= 0.6 is 11.6 Å². The minimum absolute atomic E-state index is 0.159. The lowest BCUT2D eigenvalue weighted by Crippen LogP contribution is -2.45. The average molecular weight is 290 g/mol. The van der Waals surface area contributed by atoms with Crippen molar-refractivity contribution in [1.29, 1.82) is 5.26 Å². The van der Waals surface area contributed by atoms with Gasteiger partial charge in [0.25, 0.3) is 0 Å². The van der Waals surface area contributed by atoms with Crippen molar-refractivity contribution in [3.63, 3.8) is 0 Å². The number of allylic oxidation sites excluding steroid dienone is 2. The quantitative estimate of drug-likeness (QED) is 0.386. The Hall–Kier alpha value is -2.32. The zero-order valence-corrected chi connectivity index (χ0v) is 12.1. The van der Waals surface area contributed by atoms with E-state index in [4.69, 9.17) is 22.6 Å². The molecule has 0 saturated carbocycles. The number of pyridine rings is 1. The molecule has 0 amide bonds. The number of hydrogen-bond acceptors (Lipinski definition) is 3. The lowest BCUT2D eigenvalue weighted by Gasteiger charge is -2.26. The monoisotopic (exact) mass is 289 g/mol. The molecule has 20 heavy (non-hydrogen) atoms. The zero-order chi connectivity index (χ0) is 15.2. The van der Waals surface area contributed by atoms with Crippen LogP contribution in [0.2, 0.25) is 5.02 Å². The van der Waals surface area contributed by atoms with E-state index >= 15 is 0 Å². The highest BCUT2D eigenvalue weighted by molar-refractivity contribution is 6.31. The molecule has 0 spiro atoms. The van der Waals surface area contributed by atoms with Crippen LogP contribution in [0.3, 0.4) is 0 Å². The van der Waals surface area contributed by atoms with Gasteiger partial charge in [0, 0.05) is 12.4 Å². The Morgan fingerprint density at radius 3 is 2.90 bits per heavy atom. The van der Waals surface area contributed by atoms with Gasteiger partial charge < -0.3 is 11.1 Å². The second-order valence-corrected chi connectivity index (χ2v) is 4.91. The molecular formula is C14H16ClN5. The molecule has 0 bridgehead atoms. The van der Waals surface area contributed by atoms with Gasteiger partial charge in [0.1, 0.15) is 6.07 Å². The highest BCUT2D eigenvalue weighted by Gasteiger charge is 2.25. The first-order valence-electron chi connectivity index (χ1n) is 5.86. The van der Waals surface area contributed by atoms with E-state index in [1.807, 2.05) is 19.9 Å². The number of nitriles is 1. The van der Waals surface area contributed by atoms with E-state index in [9.17, 15) is 0 Å². The molecule has 0 aliphatic carbocycles. The van der Waals surface area contributed by atoms with E-state index in [0.29, 0.717) is 16.3 Å². The van der Waals surface area contributed by atoms with Gasteiger partial charge in [-0.1, -0.05) is 24.3 Å². The van der Waals surface area contributed by atoms with Crippen LogP contribution in [0.25, 0.3) is 0 Å². The highest BCUT2D eigenvalue weighted by atomic mass is 35.5. The number of halogens is 1. The van der Waals surface area contributed by atoms with Crippen LogP contribution in [0.15, 0.2) is 47.7 Å². The number of nitrogens with one attached hydrogen (secondary N) is 1. The van der Waals surface area contributed by atoms with Crippen molar-refractivity contribution in [2.45, 2.75) is 19.4 Å². The van der Waals surface area contributed by atoms with Gasteiger partial charge in [-0.3, -0.25) is 4.98 Å². The summed E-state index contributed by atoms with van der Waals surface area (Å²) in [6.45, 7) is 7.26. The molecule has 104 valence electrons. The second kappa shape index (κ2) is 6.73. The fraction of sp³-hybridized carbons (Fsp3) is 0.214. The van der Waals surface area contributed by atoms with Gasteiger partial charge in [-0.25, -0.2) is 4.99 Å². The molecule has 0 radical (unpaired) electrons. The number of guanidine groups is 1. The Morgan fingerprint density at radius 2 is 2.35 bits per heavy atom. The summed E-state index contributed by atoms with van der Waals surface area (Å²) in [5, 5.41) is 12.3. The van der Waals surface area contributed by atoms with Crippen LogP contribution < -0.4 is 11.1 Å². The normalized spacial score (nSPS) is 12.7. The summed E-state index contributed by atoms with van der Waals surface area (Å²) in [6.07, 6.45) is 4.40. The van der Waals surface area contributed by atoms with Crippen molar-refractivity contribution in [2.24, 2.45) is 10.7 Å². The van der Waals surface area contributed by atoms with E-state index < -0.39 is 5.54 Å². The van der Waals surface area contributed by atoms with Gasteiger partial charge in [0.15, 0.2) is 5.96 Å². The van der Waals surface area contributed by atoms with Gasteiger partial charge >= 0.3 is 0 Å². The van der Waals surface area contributed by atoms with Crippen molar-refractivity contribution >= 4 is 17.6 Å². The summed E-state index contributed by atoms with van der Waals surface area (Å²) < 4.78 is 0. The minimum Gasteiger partial charge on any atom is -0.370 e. The third-order valence-corrected chi connectivity index (χ3v) is 2.79. The molecule has 0 saturated heterocycles. The van der Waals surface area contributed by atoms with Crippen LogP contribution in [0.1, 0.15) is 19.5 Å². The van der Waals surface area contributed by atoms with Crippen molar-refractivity contribution < 1.29 is 0 Å². The number of aromatic nitrogens is 1. The number of aliphatic imine (C=N–C) groups is 1. The van der Waals surface area contributed by atoms with Gasteiger partial charge in [0.2, 0.25) is 0 Å². The number of nitrogens with zero attached hydrogens (tertiary/aromatic N) is 3. The molecule has 1 aromatic heterocycles. The van der Waals surface area contributed by atoms with E-state index in [1.54, 1.807) is 18.3 Å². The molecule has 0 aliphatic heterocycles. The van der Waals surface area contributed by atoms with E-state index in [1.165, 1.54) is 12.3 Å². The Labute approximate surface area is 123 Å². The minimum atomic E-state index is -0.596. The summed E-state index contributed by atoms with van der Waals surface area (Å²) in [6, 6.07) is 5.44. The lowest BCUT2D eigenvalue weighted by molar-refractivity contribution is 0.469. The first-order chi connectivity index (χ1) is 9.40. The molecular weight excluding hydrogens is 274 g/mol. The molecule has 0 fully saturated rings. The fourth-order valence-electron chi connectivity index (χ4n) is 1.52. The maximum absolute atomic E-state index is 8.74. The molecule has 0 aliphatic rings. The topological polar surface area (TPSA) is 87.1 Å². The van der Waals surface area contributed by atoms with Crippen LogP contribution in [0, 0.1) is 11.3 Å². The van der Waals surface area contributed by atoms with E-state index in [-0.39, 0.29) is 5.96 Å². The first kappa shape index (κ1) is 15.7. The molecule has 1 aromatic rings. The van der Waals surface area contributed by atoms with Gasteiger partial charge in [-0.2, -0.15) is 5.26 Å². The average Bonchev–Trinajstić information content (AvgIpc) is 2.39. The van der Waals surface area contributed by atoms with Crippen LogP contribution in [-0.4, -0.2) is 10.9 Å². The predicted octanol–water partition coefficient (Wildman–Crippen LogP) is 2.47. The Bertz CT molecular complexity index is 596. The maximum atomic E-state index is 8.74. The predicted molar refractivity (Wildman–Crippen MR) is 80.9 cm³/mol. The molecule has 5 nitrogen and oxygen atoms in total. The zero-order valence-electron chi connectivity index (χ0n) is 11.4. The third kappa shape index (κ3) is 4.11. The van der Waals surface area contributed by atoms with E-state index in [2.05, 4.69) is 21.9 Å². The van der Waals surface area contributed by atoms with E-state index in [0.717, 1.165) is 0 Å². The third-order valence-electron chi connectivity index (χ3n) is 2.48. The highest BCUT2D eigenvalue weighted by Crippen LogP contribution is 2.24. The molecule has 1 heterocycles. The lowest BCUT2D eigenvalue weighted by atomic mass is 10.00. The molecule has 0 unspecified atom stereocenters. The SMILES string of the molecule is C=C/C(C#N)=C\N=C(/N)NC(C)(C)c1ncccc1Cl. The van der Waals surface area contributed by atoms with Crippen LogP contribution in [0.4, 0.5) is 0 Å². The first-order valence-corrected chi connectivity index (χ1v) is 6.23. The van der Waals surface area contributed by atoms with Crippen molar-refractivity contribution in [2.75, 3.05) is 0 Å². The van der Waals surface area contributed by atoms with Gasteiger partial charge in [-0.15, -0.1) is 0 Å². The molecule has 6 heteroatoms. The summed E-state index contributed by atoms with van der Waals surface area (Å²) >= 11 is 6.11. The van der Waals surface area contributed by atoms with Crippen molar-refractivity contribution in [1.82, 2.24) is 10.3 Å². The van der Waals surface area contributed by atoms with Gasteiger partial charge in [-0.05, 0) is 26.0 Å². The smallest absolute Gasteiger partial charge is 0.194 e. The van der Waals surface area contributed by atoms with Crippen molar-refractivity contribution in [3.05, 3.63) is 53.5 Å². The standard InChI is InChI=1S/C14H16ClN5/c1-4-10(8-16)9-19-13(17)20-14(2,3)12-11(15)6-5-7-18-12/h4-7,9H,1H2,2-3H3,(H3,17,19,20)/b10-9+. The Kier molecular flexibility index (Phi) is 5.30. The molecule has 0 atom stereocenters.